The number of carbonyl (C=O) groups excluding carboxylic acids is 1. The number of carbonyl (C=O) groups is 1. The molecule has 0 spiro atoms. The lowest BCUT2D eigenvalue weighted by atomic mass is 10.1. The van der Waals surface area contributed by atoms with E-state index in [9.17, 15) is 4.79 Å². The van der Waals surface area contributed by atoms with Gasteiger partial charge in [-0.25, -0.2) is 0 Å². The van der Waals surface area contributed by atoms with E-state index in [2.05, 4.69) is 0 Å². The normalized spacial score (nSPS) is 20.0. The van der Waals surface area contributed by atoms with Crippen molar-refractivity contribution in [3.05, 3.63) is 11.1 Å². The van der Waals surface area contributed by atoms with Gasteiger partial charge in [-0.05, 0) is 19.4 Å². The van der Waals surface area contributed by atoms with Crippen LogP contribution in [0.4, 0.5) is 0 Å². The first-order chi connectivity index (χ1) is 4.20. The largest absolute Gasteiger partial charge is 0.461 e. The van der Waals surface area contributed by atoms with E-state index in [1.807, 2.05) is 13.8 Å². The van der Waals surface area contributed by atoms with Gasteiger partial charge in [0.25, 0.3) is 0 Å². The van der Waals surface area contributed by atoms with Gasteiger partial charge in [0.2, 0.25) is 0 Å². The molecule has 0 N–H and O–H groups in total. The summed E-state index contributed by atoms with van der Waals surface area (Å²) in [6.07, 6.45) is 0.478. The third-order valence-corrected chi connectivity index (χ3v) is 1.59. The lowest BCUT2D eigenvalue weighted by Crippen LogP contribution is -2.13. The summed E-state index contributed by atoms with van der Waals surface area (Å²) in [4.78, 5) is 10.6. The molecule has 0 amide bonds. The van der Waals surface area contributed by atoms with Crippen LogP contribution < -0.4 is 0 Å². The Labute approximate surface area is 54.5 Å². The molecule has 0 bridgehead atoms. The first-order valence-electron chi connectivity index (χ1n) is 3.01. The standard InChI is InChI=1S/C7H10O2/c1-5-3-7(8)9-4-6(5)2/h3-4H2,1-2H3. The molecule has 0 aliphatic carbocycles. The van der Waals surface area contributed by atoms with Crippen LogP contribution in [0.25, 0.3) is 0 Å². The van der Waals surface area contributed by atoms with Crippen molar-refractivity contribution in [1.29, 1.82) is 0 Å². The van der Waals surface area contributed by atoms with Gasteiger partial charge in [0.1, 0.15) is 6.61 Å². The Morgan fingerprint density at radius 2 is 2.00 bits per heavy atom. The van der Waals surface area contributed by atoms with Crippen molar-refractivity contribution in [1.82, 2.24) is 0 Å². The van der Waals surface area contributed by atoms with Crippen LogP contribution in [0, 0.1) is 0 Å². The van der Waals surface area contributed by atoms with E-state index >= 15 is 0 Å². The Morgan fingerprint density at radius 3 is 2.44 bits per heavy atom. The maximum atomic E-state index is 10.6. The van der Waals surface area contributed by atoms with Crippen LogP contribution in [0.3, 0.4) is 0 Å². The van der Waals surface area contributed by atoms with E-state index in [1.165, 1.54) is 5.57 Å². The van der Waals surface area contributed by atoms with E-state index in [0.29, 0.717) is 13.0 Å². The van der Waals surface area contributed by atoms with Crippen molar-refractivity contribution < 1.29 is 9.53 Å². The molecule has 2 nitrogen and oxygen atoms in total. The molecule has 1 aliphatic rings. The first-order valence-corrected chi connectivity index (χ1v) is 3.01. The number of hydrogen-bond acceptors (Lipinski definition) is 2. The summed E-state index contributed by atoms with van der Waals surface area (Å²) in [6.45, 7) is 4.45. The quantitative estimate of drug-likeness (QED) is 0.361. The fourth-order valence-electron chi connectivity index (χ4n) is 0.730. The monoisotopic (exact) mass is 126 g/mol. The van der Waals surface area contributed by atoms with E-state index in [4.69, 9.17) is 4.74 Å². The number of cyclic esters (lactones) is 1. The van der Waals surface area contributed by atoms with Crippen LogP contribution in [0.2, 0.25) is 0 Å². The Kier molecular flexibility index (Phi) is 1.56. The highest BCUT2D eigenvalue weighted by molar-refractivity contribution is 5.73. The molecule has 0 aromatic carbocycles. The van der Waals surface area contributed by atoms with Gasteiger partial charge in [-0.15, -0.1) is 0 Å². The lowest BCUT2D eigenvalue weighted by Gasteiger charge is -2.13. The third kappa shape index (κ3) is 1.31. The maximum absolute atomic E-state index is 10.6. The SMILES string of the molecule is CC1=C(C)CC(=O)OC1. The van der Waals surface area contributed by atoms with Crippen molar-refractivity contribution in [2.75, 3.05) is 6.61 Å². The van der Waals surface area contributed by atoms with Crippen molar-refractivity contribution in [2.45, 2.75) is 20.3 Å². The summed E-state index contributed by atoms with van der Waals surface area (Å²) in [5.74, 6) is -0.0990. The molecule has 0 atom stereocenters. The van der Waals surface area contributed by atoms with E-state index in [0.717, 1.165) is 5.57 Å². The Bertz CT molecular complexity index is 168. The zero-order valence-electron chi connectivity index (χ0n) is 5.73. The predicted molar refractivity (Wildman–Crippen MR) is 33.9 cm³/mol. The van der Waals surface area contributed by atoms with E-state index in [1.54, 1.807) is 0 Å². The number of rotatable bonds is 0. The van der Waals surface area contributed by atoms with Gasteiger partial charge in [-0.3, -0.25) is 4.79 Å². The maximum Gasteiger partial charge on any atom is 0.310 e. The van der Waals surface area contributed by atoms with Gasteiger partial charge in [0.15, 0.2) is 0 Å². The predicted octanol–water partition coefficient (Wildman–Crippen LogP) is 1.27. The Hall–Kier alpha value is -0.790. The van der Waals surface area contributed by atoms with Crippen molar-refractivity contribution in [2.24, 2.45) is 0 Å². The molecular weight excluding hydrogens is 116 g/mol. The molecule has 0 saturated carbocycles. The first kappa shape index (κ1) is 6.33. The lowest BCUT2D eigenvalue weighted by molar-refractivity contribution is -0.142. The zero-order chi connectivity index (χ0) is 6.85. The summed E-state index contributed by atoms with van der Waals surface area (Å²) >= 11 is 0. The van der Waals surface area contributed by atoms with Gasteiger partial charge < -0.3 is 4.74 Å². The summed E-state index contributed by atoms with van der Waals surface area (Å²) in [5.41, 5.74) is 2.35. The highest BCUT2D eigenvalue weighted by Gasteiger charge is 2.12. The minimum atomic E-state index is -0.0990. The van der Waals surface area contributed by atoms with Crippen LogP contribution >= 0.6 is 0 Å². The second-order valence-electron chi connectivity index (χ2n) is 2.40. The van der Waals surface area contributed by atoms with Gasteiger partial charge in [0, 0.05) is 0 Å². The molecular formula is C7H10O2. The average molecular weight is 126 g/mol. The fraction of sp³-hybridized carbons (Fsp3) is 0.571. The minimum Gasteiger partial charge on any atom is -0.461 e. The summed E-state index contributed by atoms with van der Waals surface area (Å²) < 4.78 is 4.76. The Balaban J connectivity index is 2.72. The molecule has 2 heteroatoms. The molecule has 1 heterocycles. The topological polar surface area (TPSA) is 26.3 Å². The van der Waals surface area contributed by atoms with Gasteiger partial charge >= 0.3 is 5.97 Å². The summed E-state index contributed by atoms with van der Waals surface area (Å²) in [7, 11) is 0. The van der Waals surface area contributed by atoms with Gasteiger partial charge in [0.05, 0.1) is 6.42 Å². The molecule has 1 aliphatic heterocycles. The summed E-state index contributed by atoms with van der Waals surface area (Å²) in [5, 5.41) is 0. The van der Waals surface area contributed by atoms with Gasteiger partial charge in [-0.2, -0.15) is 0 Å². The van der Waals surface area contributed by atoms with Gasteiger partial charge in [-0.1, -0.05) is 5.57 Å². The second-order valence-corrected chi connectivity index (χ2v) is 2.40. The molecule has 0 saturated heterocycles. The van der Waals surface area contributed by atoms with Crippen LogP contribution in [-0.4, -0.2) is 12.6 Å². The van der Waals surface area contributed by atoms with Crippen LogP contribution in [-0.2, 0) is 9.53 Å². The smallest absolute Gasteiger partial charge is 0.310 e. The minimum absolute atomic E-state index is 0.0990. The molecule has 0 unspecified atom stereocenters. The van der Waals surface area contributed by atoms with Crippen LogP contribution in [0.1, 0.15) is 20.3 Å². The molecule has 0 aromatic rings. The van der Waals surface area contributed by atoms with E-state index < -0.39 is 0 Å². The third-order valence-electron chi connectivity index (χ3n) is 1.59. The molecule has 0 aromatic heterocycles. The van der Waals surface area contributed by atoms with Crippen molar-refractivity contribution >= 4 is 5.97 Å². The van der Waals surface area contributed by atoms with Crippen LogP contribution in [0.5, 0.6) is 0 Å². The number of esters is 1. The molecule has 0 radical (unpaired) electrons. The number of ether oxygens (including phenoxy) is 1. The number of hydrogen-bond donors (Lipinski definition) is 0. The average Bonchev–Trinajstić information content (AvgIpc) is 1.80. The van der Waals surface area contributed by atoms with Crippen LogP contribution in [0.15, 0.2) is 11.1 Å². The summed E-state index contributed by atoms with van der Waals surface area (Å²) in [6, 6.07) is 0. The molecule has 9 heavy (non-hydrogen) atoms. The highest BCUT2D eigenvalue weighted by Crippen LogP contribution is 2.14. The highest BCUT2D eigenvalue weighted by atomic mass is 16.5. The van der Waals surface area contributed by atoms with Crippen molar-refractivity contribution in [3.63, 3.8) is 0 Å². The molecule has 50 valence electrons. The fourth-order valence-corrected chi connectivity index (χ4v) is 0.730. The second kappa shape index (κ2) is 2.21. The zero-order valence-corrected chi connectivity index (χ0v) is 5.73. The molecule has 0 fully saturated rings. The molecule has 1 rings (SSSR count). The van der Waals surface area contributed by atoms with E-state index in [-0.39, 0.29) is 5.97 Å². The Morgan fingerprint density at radius 1 is 1.33 bits per heavy atom. The van der Waals surface area contributed by atoms with Crippen molar-refractivity contribution in [3.8, 4) is 0 Å².